The zero-order chi connectivity index (χ0) is 26.1. The predicted molar refractivity (Wildman–Crippen MR) is 151 cm³/mol. The topological polar surface area (TPSA) is 87.7 Å². The smallest absolute Gasteiger partial charge is 0.261 e. The van der Waals surface area contributed by atoms with Crippen molar-refractivity contribution in [1.82, 2.24) is 9.62 Å². The van der Waals surface area contributed by atoms with Crippen molar-refractivity contribution < 1.29 is 17.9 Å². The standard InChI is InChI=1S/C26H34BrN3O4S2/c1-3-4-5-6-17-34-24-12-7-20(27)18-23(24)25(31)29-26(35)28-21-8-10-22(11-9-21)36(32,33)30-15-13-19(2)14-16-30/h7-12,18-19H,3-6,13-17H2,1-2H3,(H2,28,29,31,35). The van der Waals surface area contributed by atoms with E-state index in [0.29, 0.717) is 42.6 Å². The molecular weight excluding hydrogens is 562 g/mol. The molecule has 2 aromatic carbocycles. The third-order valence-electron chi connectivity index (χ3n) is 6.16. The summed E-state index contributed by atoms with van der Waals surface area (Å²) in [5, 5.41) is 5.73. The predicted octanol–water partition coefficient (Wildman–Crippen LogP) is 5.96. The third kappa shape index (κ3) is 7.99. The number of thiocarbonyl (C=S) groups is 1. The van der Waals surface area contributed by atoms with Crippen molar-refractivity contribution in [3.63, 3.8) is 0 Å². The van der Waals surface area contributed by atoms with Gasteiger partial charge in [0.15, 0.2) is 5.11 Å². The summed E-state index contributed by atoms with van der Waals surface area (Å²) in [6.45, 7) is 5.92. The van der Waals surface area contributed by atoms with E-state index in [1.165, 1.54) is 0 Å². The van der Waals surface area contributed by atoms with Crippen LogP contribution in [-0.4, -0.2) is 43.4 Å². The minimum atomic E-state index is -3.52. The molecule has 1 amide bonds. The molecule has 0 bridgehead atoms. The van der Waals surface area contributed by atoms with Gasteiger partial charge >= 0.3 is 0 Å². The van der Waals surface area contributed by atoms with Gasteiger partial charge in [0.2, 0.25) is 10.0 Å². The molecule has 0 spiro atoms. The van der Waals surface area contributed by atoms with Gasteiger partial charge in [-0.2, -0.15) is 4.31 Å². The second-order valence-electron chi connectivity index (χ2n) is 9.07. The fourth-order valence-electron chi connectivity index (χ4n) is 3.93. The number of sulfonamides is 1. The van der Waals surface area contributed by atoms with Crippen molar-refractivity contribution in [1.29, 1.82) is 0 Å². The van der Waals surface area contributed by atoms with Crippen LogP contribution in [0.1, 0.15) is 62.7 Å². The number of benzene rings is 2. The van der Waals surface area contributed by atoms with Gasteiger partial charge in [0.05, 0.1) is 17.1 Å². The number of amides is 1. The number of nitrogens with zero attached hydrogens (tertiary/aromatic N) is 1. The summed E-state index contributed by atoms with van der Waals surface area (Å²) in [6.07, 6.45) is 6.05. The molecule has 2 N–H and O–H groups in total. The summed E-state index contributed by atoms with van der Waals surface area (Å²) >= 11 is 8.73. The lowest BCUT2D eigenvalue weighted by atomic mass is 10.0. The first-order valence-electron chi connectivity index (χ1n) is 12.4. The summed E-state index contributed by atoms with van der Waals surface area (Å²) in [6, 6.07) is 11.7. The van der Waals surface area contributed by atoms with Crippen molar-refractivity contribution in [3.8, 4) is 5.75 Å². The maximum atomic E-state index is 12.9. The molecule has 1 saturated heterocycles. The summed E-state index contributed by atoms with van der Waals surface area (Å²) in [5.41, 5.74) is 0.953. The second-order valence-corrected chi connectivity index (χ2v) is 12.3. The van der Waals surface area contributed by atoms with Gasteiger partial charge in [-0.25, -0.2) is 8.42 Å². The maximum absolute atomic E-state index is 12.9. The molecule has 7 nitrogen and oxygen atoms in total. The minimum Gasteiger partial charge on any atom is -0.493 e. The van der Waals surface area contributed by atoms with Gasteiger partial charge < -0.3 is 10.1 Å². The second kappa shape index (κ2) is 13.5. The first kappa shape index (κ1) is 28.6. The Balaban J connectivity index is 1.59. The summed E-state index contributed by atoms with van der Waals surface area (Å²) in [7, 11) is -3.52. The minimum absolute atomic E-state index is 0.106. The van der Waals surface area contributed by atoms with E-state index in [0.717, 1.165) is 43.0 Å². The van der Waals surface area contributed by atoms with Crippen molar-refractivity contribution in [3.05, 3.63) is 52.5 Å². The Bertz CT molecular complexity index is 1150. The van der Waals surface area contributed by atoms with Crippen LogP contribution in [0.3, 0.4) is 0 Å². The van der Waals surface area contributed by atoms with E-state index in [1.807, 2.05) is 6.07 Å². The molecule has 0 saturated carbocycles. The molecule has 0 aliphatic carbocycles. The average Bonchev–Trinajstić information content (AvgIpc) is 2.85. The molecule has 1 heterocycles. The molecule has 2 aromatic rings. The highest BCUT2D eigenvalue weighted by molar-refractivity contribution is 9.10. The number of ether oxygens (including phenoxy) is 1. The molecule has 0 unspecified atom stereocenters. The van der Waals surface area contributed by atoms with Crippen LogP contribution < -0.4 is 15.4 Å². The fraction of sp³-hybridized carbons (Fsp3) is 0.462. The largest absolute Gasteiger partial charge is 0.493 e. The Morgan fingerprint density at radius 1 is 1.11 bits per heavy atom. The summed E-state index contributed by atoms with van der Waals surface area (Å²) in [5.74, 6) is 0.650. The number of hydrogen-bond acceptors (Lipinski definition) is 5. The molecule has 3 rings (SSSR count). The van der Waals surface area contributed by atoms with Crippen molar-refractivity contribution in [2.24, 2.45) is 5.92 Å². The molecule has 1 fully saturated rings. The number of carbonyl (C=O) groups is 1. The highest BCUT2D eigenvalue weighted by Gasteiger charge is 2.28. The molecule has 1 aliphatic heterocycles. The van der Waals surface area contributed by atoms with Gasteiger partial charge in [-0.05, 0) is 79.9 Å². The lowest BCUT2D eigenvalue weighted by Gasteiger charge is -2.29. The van der Waals surface area contributed by atoms with Gasteiger partial charge in [0.25, 0.3) is 5.91 Å². The van der Waals surface area contributed by atoms with Crippen molar-refractivity contribution in [2.75, 3.05) is 25.0 Å². The van der Waals surface area contributed by atoms with E-state index >= 15 is 0 Å². The van der Waals surface area contributed by atoms with Crippen LogP contribution in [0.5, 0.6) is 5.75 Å². The lowest BCUT2D eigenvalue weighted by molar-refractivity contribution is 0.0973. The van der Waals surface area contributed by atoms with Gasteiger partial charge in [-0.3, -0.25) is 10.1 Å². The molecule has 196 valence electrons. The first-order valence-corrected chi connectivity index (χ1v) is 15.0. The lowest BCUT2D eigenvalue weighted by Crippen LogP contribution is -2.37. The Morgan fingerprint density at radius 2 is 1.81 bits per heavy atom. The number of nitrogens with one attached hydrogen (secondary N) is 2. The monoisotopic (exact) mass is 595 g/mol. The fourth-order valence-corrected chi connectivity index (χ4v) is 5.98. The van der Waals surface area contributed by atoms with Crippen molar-refractivity contribution >= 4 is 54.9 Å². The number of halogens is 1. The van der Waals surface area contributed by atoms with Crippen LogP contribution in [-0.2, 0) is 10.0 Å². The quantitative estimate of drug-likeness (QED) is 0.260. The van der Waals surface area contributed by atoms with Crippen LogP contribution in [0.2, 0.25) is 0 Å². The van der Waals surface area contributed by atoms with E-state index in [4.69, 9.17) is 17.0 Å². The van der Waals surface area contributed by atoms with Gasteiger partial charge in [-0.15, -0.1) is 0 Å². The van der Waals surface area contributed by atoms with Crippen LogP contribution in [0, 0.1) is 5.92 Å². The van der Waals surface area contributed by atoms with Crippen LogP contribution >= 0.6 is 28.1 Å². The zero-order valence-electron chi connectivity index (χ0n) is 20.8. The third-order valence-corrected chi connectivity index (χ3v) is 8.77. The number of hydrogen-bond donors (Lipinski definition) is 2. The van der Waals surface area contributed by atoms with E-state index < -0.39 is 15.9 Å². The van der Waals surface area contributed by atoms with E-state index in [-0.39, 0.29) is 10.0 Å². The average molecular weight is 597 g/mol. The normalized spacial score (nSPS) is 14.9. The Kier molecular flexibility index (Phi) is 10.7. The van der Waals surface area contributed by atoms with Crippen molar-refractivity contribution in [2.45, 2.75) is 57.3 Å². The van der Waals surface area contributed by atoms with E-state index in [1.54, 1.807) is 40.7 Å². The molecular formula is C26H34BrN3O4S2. The number of unbranched alkanes of at least 4 members (excludes halogenated alkanes) is 3. The van der Waals surface area contributed by atoms with Crippen LogP contribution in [0.15, 0.2) is 51.8 Å². The van der Waals surface area contributed by atoms with E-state index in [2.05, 4.69) is 40.4 Å². The maximum Gasteiger partial charge on any atom is 0.261 e. The van der Waals surface area contributed by atoms with Crippen LogP contribution in [0.4, 0.5) is 5.69 Å². The summed E-state index contributed by atoms with van der Waals surface area (Å²) in [4.78, 5) is 13.2. The zero-order valence-corrected chi connectivity index (χ0v) is 24.0. The highest BCUT2D eigenvalue weighted by Crippen LogP contribution is 2.25. The molecule has 10 heteroatoms. The number of piperidine rings is 1. The molecule has 1 aliphatic rings. The molecule has 0 atom stereocenters. The molecule has 0 radical (unpaired) electrons. The van der Waals surface area contributed by atoms with Crippen LogP contribution in [0.25, 0.3) is 0 Å². The Hall–Kier alpha value is -2.01. The van der Waals surface area contributed by atoms with Gasteiger partial charge in [-0.1, -0.05) is 49.0 Å². The molecule has 0 aromatic heterocycles. The summed E-state index contributed by atoms with van der Waals surface area (Å²) < 4.78 is 34.0. The number of carbonyl (C=O) groups excluding carboxylic acids is 1. The Labute approximate surface area is 228 Å². The number of rotatable bonds is 10. The SMILES string of the molecule is CCCCCCOc1ccc(Br)cc1C(=O)NC(=S)Nc1ccc(S(=O)(=O)N2CCC(C)CC2)cc1. The Morgan fingerprint density at radius 3 is 2.47 bits per heavy atom. The molecule has 36 heavy (non-hydrogen) atoms. The van der Waals surface area contributed by atoms with E-state index in [9.17, 15) is 13.2 Å². The number of anilines is 1. The highest BCUT2D eigenvalue weighted by atomic mass is 79.9. The van der Waals surface area contributed by atoms with Gasteiger partial charge in [0.1, 0.15) is 5.75 Å². The first-order chi connectivity index (χ1) is 17.2. The van der Waals surface area contributed by atoms with Gasteiger partial charge in [0, 0.05) is 23.2 Å².